The van der Waals surface area contributed by atoms with Gasteiger partial charge < -0.3 is 5.32 Å². The first-order chi connectivity index (χ1) is 5.26. The van der Waals surface area contributed by atoms with Gasteiger partial charge in [0.05, 0.1) is 11.4 Å². The van der Waals surface area contributed by atoms with Gasteiger partial charge in [0.25, 0.3) is 0 Å². The third-order valence-corrected chi connectivity index (χ3v) is 2.27. The molecule has 0 saturated heterocycles. The molecular weight excluding hydrogens is 206 g/mol. The summed E-state index contributed by atoms with van der Waals surface area (Å²) in [5.41, 5.74) is 0. The third kappa shape index (κ3) is 4.53. The second-order valence-electron chi connectivity index (χ2n) is 2.58. The highest BCUT2D eigenvalue weighted by Crippen LogP contribution is 2.02. The Labute approximate surface area is 76.9 Å². The normalized spacial score (nSPS) is 13.0. The number of hydrogen-bond acceptors (Lipinski definition) is 2. The highest BCUT2D eigenvalue weighted by molar-refractivity contribution is 9.09. The van der Waals surface area contributed by atoms with Gasteiger partial charge in [-0.05, 0) is 13.5 Å². The van der Waals surface area contributed by atoms with Crippen LogP contribution in [0.25, 0.3) is 0 Å². The first-order valence-corrected chi connectivity index (χ1v) is 5.14. The fourth-order valence-electron chi connectivity index (χ4n) is 0.968. The Kier molecular flexibility index (Phi) is 6.87. The fraction of sp³-hybridized carbons (Fsp3) is 0.875. The lowest BCUT2D eigenvalue weighted by Crippen LogP contribution is -2.34. The second-order valence-corrected chi connectivity index (χ2v) is 3.14. The minimum absolute atomic E-state index is 0.0503. The maximum atomic E-state index is 11.1. The quantitative estimate of drug-likeness (QED) is 0.693. The lowest BCUT2D eigenvalue weighted by atomic mass is 10.1. The van der Waals surface area contributed by atoms with E-state index in [1.807, 2.05) is 7.05 Å². The van der Waals surface area contributed by atoms with Crippen LogP contribution in [0.3, 0.4) is 0 Å². The minimum Gasteiger partial charge on any atom is -0.311 e. The topological polar surface area (TPSA) is 29.1 Å². The summed E-state index contributed by atoms with van der Waals surface area (Å²) >= 11 is 3.16. The molecule has 66 valence electrons. The molecule has 0 aliphatic heterocycles. The van der Waals surface area contributed by atoms with E-state index >= 15 is 0 Å². The summed E-state index contributed by atoms with van der Waals surface area (Å²) in [5.74, 6) is 0.251. The lowest BCUT2D eigenvalue weighted by Gasteiger charge is -2.12. The first-order valence-electron chi connectivity index (χ1n) is 4.02. The molecule has 1 N–H and O–H groups in total. The van der Waals surface area contributed by atoms with E-state index in [-0.39, 0.29) is 11.8 Å². The maximum Gasteiger partial charge on any atom is 0.160 e. The van der Waals surface area contributed by atoms with Crippen molar-refractivity contribution in [2.75, 3.05) is 12.4 Å². The van der Waals surface area contributed by atoms with Crippen LogP contribution in [-0.4, -0.2) is 24.2 Å². The number of likely N-dealkylation sites (N-methyl/N-ethyl adjacent to an activating group) is 1. The van der Waals surface area contributed by atoms with Gasteiger partial charge in [-0.2, -0.15) is 0 Å². The van der Waals surface area contributed by atoms with E-state index in [9.17, 15) is 4.79 Å². The van der Waals surface area contributed by atoms with E-state index in [0.717, 1.165) is 19.3 Å². The molecule has 0 unspecified atom stereocenters. The summed E-state index contributed by atoms with van der Waals surface area (Å²) in [4.78, 5) is 11.1. The number of halogens is 1. The monoisotopic (exact) mass is 221 g/mol. The molecule has 0 heterocycles. The zero-order valence-electron chi connectivity index (χ0n) is 7.19. The Hall–Kier alpha value is 0.110. The number of Topliss-reactive ketones (excluding diaryl/α,β-unsaturated/α-hetero) is 1. The molecule has 2 nitrogen and oxygen atoms in total. The summed E-state index contributed by atoms with van der Waals surface area (Å²) in [6.45, 7) is 2.13. The summed E-state index contributed by atoms with van der Waals surface area (Å²) < 4.78 is 0. The summed E-state index contributed by atoms with van der Waals surface area (Å²) in [6, 6.07) is 0.0503. The zero-order chi connectivity index (χ0) is 8.69. The number of carbonyl (C=O) groups is 1. The average molecular weight is 222 g/mol. The van der Waals surface area contributed by atoms with Crippen molar-refractivity contribution in [1.29, 1.82) is 0 Å². The average Bonchev–Trinajstić information content (AvgIpc) is 2.05. The number of rotatable bonds is 6. The summed E-state index contributed by atoms with van der Waals surface area (Å²) in [7, 11) is 1.83. The predicted octanol–water partition coefficient (Wildman–Crippen LogP) is 1.73. The van der Waals surface area contributed by atoms with Crippen molar-refractivity contribution in [2.45, 2.75) is 32.2 Å². The number of hydrogen-bond donors (Lipinski definition) is 1. The minimum atomic E-state index is 0.0503. The van der Waals surface area contributed by atoms with Gasteiger partial charge in [0.15, 0.2) is 5.78 Å². The Morgan fingerprint density at radius 2 is 2.27 bits per heavy atom. The van der Waals surface area contributed by atoms with E-state index in [1.165, 1.54) is 0 Å². The van der Waals surface area contributed by atoms with E-state index in [1.54, 1.807) is 0 Å². The molecule has 11 heavy (non-hydrogen) atoms. The highest BCUT2D eigenvalue weighted by atomic mass is 79.9. The molecule has 0 aromatic carbocycles. The largest absolute Gasteiger partial charge is 0.311 e. The van der Waals surface area contributed by atoms with Crippen molar-refractivity contribution < 1.29 is 4.79 Å². The number of alkyl halides is 1. The van der Waals surface area contributed by atoms with Crippen LogP contribution in [0.5, 0.6) is 0 Å². The molecule has 0 aromatic rings. The number of nitrogens with one attached hydrogen (secondary N) is 1. The number of ketones is 1. The van der Waals surface area contributed by atoms with Crippen LogP contribution >= 0.6 is 15.9 Å². The van der Waals surface area contributed by atoms with Crippen molar-refractivity contribution in [3.05, 3.63) is 0 Å². The SMILES string of the molecule is CCCC[C@H](NC)C(=O)CBr. The van der Waals surface area contributed by atoms with Gasteiger partial charge in [0, 0.05) is 0 Å². The molecule has 0 aliphatic rings. The number of carbonyl (C=O) groups excluding carboxylic acids is 1. The maximum absolute atomic E-state index is 11.1. The zero-order valence-corrected chi connectivity index (χ0v) is 8.78. The molecule has 0 saturated carbocycles. The molecule has 0 radical (unpaired) electrons. The van der Waals surface area contributed by atoms with Crippen molar-refractivity contribution in [2.24, 2.45) is 0 Å². The Bertz CT molecular complexity index is 117. The molecule has 0 bridgehead atoms. The summed E-state index contributed by atoms with van der Waals surface area (Å²) in [6.07, 6.45) is 3.22. The molecule has 0 aromatic heterocycles. The molecular formula is C8H16BrNO. The van der Waals surface area contributed by atoms with Gasteiger partial charge in [-0.15, -0.1) is 0 Å². The van der Waals surface area contributed by atoms with Gasteiger partial charge in [-0.1, -0.05) is 35.7 Å². The summed E-state index contributed by atoms with van der Waals surface area (Å²) in [5, 5.41) is 3.47. The van der Waals surface area contributed by atoms with Crippen LogP contribution in [0.4, 0.5) is 0 Å². The number of unbranched alkanes of at least 4 members (excludes halogenated alkanes) is 1. The highest BCUT2D eigenvalue weighted by Gasteiger charge is 2.12. The molecule has 1 atom stereocenters. The van der Waals surface area contributed by atoms with Crippen molar-refractivity contribution in [3.63, 3.8) is 0 Å². The van der Waals surface area contributed by atoms with Crippen LogP contribution in [0.15, 0.2) is 0 Å². The van der Waals surface area contributed by atoms with Gasteiger partial charge >= 0.3 is 0 Å². The molecule has 0 aliphatic carbocycles. The Balaban J connectivity index is 3.65. The van der Waals surface area contributed by atoms with Crippen LogP contribution in [-0.2, 0) is 4.79 Å². The van der Waals surface area contributed by atoms with Crippen LogP contribution in [0.1, 0.15) is 26.2 Å². The molecule has 0 spiro atoms. The Morgan fingerprint density at radius 3 is 2.64 bits per heavy atom. The van der Waals surface area contributed by atoms with Crippen molar-refractivity contribution in [3.8, 4) is 0 Å². The van der Waals surface area contributed by atoms with Gasteiger partial charge in [0.1, 0.15) is 0 Å². The van der Waals surface area contributed by atoms with E-state index in [0.29, 0.717) is 5.33 Å². The standard InChI is InChI=1S/C8H16BrNO/c1-3-4-5-7(10-2)8(11)6-9/h7,10H,3-6H2,1-2H3/t7-/m0/s1. The molecule has 0 amide bonds. The van der Waals surface area contributed by atoms with Crippen molar-refractivity contribution in [1.82, 2.24) is 5.32 Å². The molecule has 0 rings (SSSR count). The van der Waals surface area contributed by atoms with Crippen LogP contribution in [0, 0.1) is 0 Å². The molecule has 0 fully saturated rings. The van der Waals surface area contributed by atoms with Crippen LogP contribution < -0.4 is 5.32 Å². The van der Waals surface area contributed by atoms with Gasteiger partial charge in [-0.3, -0.25) is 4.79 Å². The van der Waals surface area contributed by atoms with E-state index in [2.05, 4.69) is 28.2 Å². The van der Waals surface area contributed by atoms with E-state index < -0.39 is 0 Å². The second kappa shape index (κ2) is 6.80. The predicted molar refractivity (Wildman–Crippen MR) is 51.2 cm³/mol. The third-order valence-electron chi connectivity index (χ3n) is 1.72. The smallest absolute Gasteiger partial charge is 0.160 e. The fourth-order valence-corrected chi connectivity index (χ4v) is 1.36. The van der Waals surface area contributed by atoms with Crippen molar-refractivity contribution >= 4 is 21.7 Å². The first kappa shape index (κ1) is 11.1. The molecule has 3 heteroatoms. The van der Waals surface area contributed by atoms with Gasteiger partial charge in [-0.25, -0.2) is 0 Å². The van der Waals surface area contributed by atoms with E-state index in [4.69, 9.17) is 0 Å². The van der Waals surface area contributed by atoms with Crippen LogP contribution in [0.2, 0.25) is 0 Å². The van der Waals surface area contributed by atoms with Gasteiger partial charge in [0.2, 0.25) is 0 Å². The lowest BCUT2D eigenvalue weighted by molar-refractivity contribution is -0.118. The Morgan fingerprint density at radius 1 is 1.64 bits per heavy atom.